The van der Waals surface area contributed by atoms with Gasteiger partial charge in [-0.15, -0.1) is 0 Å². The molecule has 0 saturated carbocycles. The molecule has 30 heavy (non-hydrogen) atoms. The van der Waals surface area contributed by atoms with Crippen molar-refractivity contribution >= 4 is 32.7 Å². The van der Waals surface area contributed by atoms with E-state index in [9.17, 15) is 8.42 Å². The number of halogens is 1. The molecule has 0 spiro atoms. The first-order valence-electron chi connectivity index (χ1n) is 10.3. The topological polar surface area (TPSA) is 58.4 Å². The second-order valence-corrected chi connectivity index (χ2v) is 10.4. The number of piperazine rings is 1. The molecule has 3 aromatic rings. The van der Waals surface area contributed by atoms with Gasteiger partial charge in [0, 0.05) is 37.7 Å². The van der Waals surface area contributed by atoms with E-state index in [1.54, 1.807) is 11.2 Å². The SMILES string of the molecule is CCS(=O)(=O)N1CCN(C(C)c2nc3cc(Cl)ccc3n2Cc2ccccc2)CC1. The summed E-state index contributed by atoms with van der Waals surface area (Å²) in [4.78, 5) is 7.25. The van der Waals surface area contributed by atoms with Crippen LogP contribution in [0, 0.1) is 0 Å². The van der Waals surface area contributed by atoms with Crippen molar-refractivity contribution in [3.63, 3.8) is 0 Å². The number of rotatable bonds is 6. The van der Waals surface area contributed by atoms with Crippen molar-refractivity contribution < 1.29 is 8.42 Å². The molecule has 8 heteroatoms. The molecule has 4 rings (SSSR count). The first-order valence-corrected chi connectivity index (χ1v) is 12.3. The van der Waals surface area contributed by atoms with E-state index in [1.807, 2.05) is 36.4 Å². The fourth-order valence-corrected chi connectivity index (χ4v) is 5.34. The predicted molar refractivity (Wildman–Crippen MR) is 121 cm³/mol. The lowest BCUT2D eigenvalue weighted by molar-refractivity contribution is 0.139. The van der Waals surface area contributed by atoms with E-state index < -0.39 is 10.0 Å². The van der Waals surface area contributed by atoms with Crippen molar-refractivity contribution in [2.75, 3.05) is 31.9 Å². The van der Waals surface area contributed by atoms with Crippen LogP contribution in [0.1, 0.15) is 31.3 Å². The molecule has 1 saturated heterocycles. The van der Waals surface area contributed by atoms with Crippen LogP contribution in [0.25, 0.3) is 11.0 Å². The highest BCUT2D eigenvalue weighted by molar-refractivity contribution is 7.89. The molecule has 1 aliphatic heterocycles. The third kappa shape index (κ3) is 4.25. The Morgan fingerprint density at radius 3 is 2.43 bits per heavy atom. The summed E-state index contributed by atoms with van der Waals surface area (Å²) in [5, 5.41) is 0.671. The smallest absolute Gasteiger partial charge is 0.213 e. The molecule has 1 unspecified atom stereocenters. The third-order valence-corrected chi connectivity index (χ3v) is 7.99. The third-order valence-electron chi connectivity index (χ3n) is 5.88. The molecule has 1 aliphatic rings. The summed E-state index contributed by atoms with van der Waals surface area (Å²) >= 11 is 6.22. The van der Waals surface area contributed by atoms with Crippen molar-refractivity contribution in [1.29, 1.82) is 0 Å². The van der Waals surface area contributed by atoms with Gasteiger partial charge in [-0.3, -0.25) is 4.90 Å². The molecule has 2 heterocycles. The Morgan fingerprint density at radius 2 is 1.77 bits per heavy atom. The Kier molecular flexibility index (Phi) is 6.16. The maximum atomic E-state index is 12.2. The van der Waals surface area contributed by atoms with E-state index in [4.69, 9.17) is 16.6 Å². The normalized spacial score (nSPS) is 17.4. The zero-order valence-electron chi connectivity index (χ0n) is 17.3. The average Bonchev–Trinajstić information content (AvgIpc) is 3.11. The number of nitrogens with zero attached hydrogens (tertiary/aromatic N) is 4. The Morgan fingerprint density at radius 1 is 1.07 bits per heavy atom. The highest BCUT2D eigenvalue weighted by Gasteiger charge is 2.30. The van der Waals surface area contributed by atoms with Gasteiger partial charge in [-0.25, -0.2) is 13.4 Å². The lowest BCUT2D eigenvalue weighted by Gasteiger charge is -2.37. The van der Waals surface area contributed by atoms with Crippen molar-refractivity contribution in [3.8, 4) is 0 Å². The van der Waals surface area contributed by atoms with Gasteiger partial charge in [-0.2, -0.15) is 4.31 Å². The van der Waals surface area contributed by atoms with Gasteiger partial charge in [0.2, 0.25) is 10.0 Å². The number of aromatic nitrogens is 2. The van der Waals surface area contributed by atoms with Gasteiger partial charge in [0.25, 0.3) is 0 Å². The molecule has 0 N–H and O–H groups in total. The standard InChI is InChI=1S/C22H27ClN4O2S/c1-3-30(28,29)26-13-11-25(12-14-26)17(2)22-24-20-15-19(23)9-10-21(20)27(22)16-18-7-5-4-6-8-18/h4-10,15,17H,3,11-14,16H2,1-2H3. The van der Waals surface area contributed by atoms with Crippen molar-refractivity contribution in [2.45, 2.75) is 26.4 Å². The van der Waals surface area contributed by atoms with Crippen LogP contribution in [0.3, 0.4) is 0 Å². The quantitative estimate of drug-likeness (QED) is 0.578. The van der Waals surface area contributed by atoms with Crippen LogP contribution < -0.4 is 0 Å². The summed E-state index contributed by atoms with van der Waals surface area (Å²) in [6, 6.07) is 16.2. The lowest BCUT2D eigenvalue weighted by atomic mass is 10.2. The molecule has 6 nitrogen and oxygen atoms in total. The van der Waals surface area contributed by atoms with E-state index in [0.29, 0.717) is 31.2 Å². The largest absolute Gasteiger partial charge is 0.322 e. The fourth-order valence-electron chi connectivity index (χ4n) is 4.09. The van der Waals surface area contributed by atoms with Crippen LogP contribution in [0.15, 0.2) is 48.5 Å². The molecule has 0 amide bonds. The van der Waals surface area contributed by atoms with E-state index in [2.05, 4.69) is 28.5 Å². The van der Waals surface area contributed by atoms with Crippen LogP contribution in [0.2, 0.25) is 5.02 Å². The van der Waals surface area contributed by atoms with E-state index >= 15 is 0 Å². The number of sulfonamides is 1. The molecule has 160 valence electrons. The highest BCUT2D eigenvalue weighted by Crippen LogP contribution is 2.28. The fraction of sp³-hybridized carbons (Fsp3) is 0.409. The second-order valence-electron chi connectivity index (χ2n) is 7.69. The molecule has 1 aromatic heterocycles. The summed E-state index contributed by atoms with van der Waals surface area (Å²) in [5.41, 5.74) is 3.14. The van der Waals surface area contributed by atoms with Crippen LogP contribution in [-0.4, -0.2) is 59.1 Å². The van der Waals surface area contributed by atoms with Gasteiger partial charge in [0.1, 0.15) is 5.82 Å². The Labute approximate surface area is 183 Å². The molecule has 0 aliphatic carbocycles. The minimum Gasteiger partial charge on any atom is -0.322 e. The average molecular weight is 447 g/mol. The predicted octanol–water partition coefficient (Wildman–Crippen LogP) is 3.77. The number of hydrogen-bond donors (Lipinski definition) is 0. The lowest BCUT2D eigenvalue weighted by Crippen LogP contribution is -2.49. The summed E-state index contributed by atoms with van der Waals surface area (Å²) < 4.78 is 28.2. The van der Waals surface area contributed by atoms with Gasteiger partial charge >= 0.3 is 0 Å². The molecule has 0 radical (unpaired) electrons. The minimum absolute atomic E-state index is 0.0615. The van der Waals surface area contributed by atoms with Crippen molar-refractivity contribution in [2.24, 2.45) is 0 Å². The molecular formula is C22H27ClN4O2S. The Bertz CT molecular complexity index is 1120. The maximum absolute atomic E-state index is 12.2. The first-order chi connectivity index (χ1) is 14.4. The monoisotopic (exact) mass is 446 g/mol. The van der Waals surface area contributed by atoms with Gasteiger partial charge in [-0.1, -0.05) is 41.9 Å². The molecule has 1 fully saturated rings. The van der Waals surface area contributed by atoms with Crippen LogP contribution >= 0.6 is 11.6 Å². The van der Waals surface area contributed by atoms with E-state index in [-0.39, 0.29) is 11.8 Å². The number of benzene rings is 2. The second kappa shape index (κ2) is 8.67. The van der Waals surface area contributed by atoms with Gasteiger partial charge in [-0.05, 0) is 37.6 Å². The summed E-state index contributed by atoms with van der Waals surface area (Å²) in [7, 11) is -3.14. The molecular weight excluding hydrogens is 420 g/mol. The molecule has 2 aromatic carbocycles. The number of fused-ring (bicyclic) bond motifs is 1. The molecule has 0 bridgehead atoms. The van der Waals surface area contributed by atoms with Crippen molar-refractivity contribution in [1.82, 2.24) is 18.8 Å². The highest BCUT2D eigenvalue weighted by atomic mass is 35.5. The molecule has 1 atom stereocenters. The zero-order valence-corrected chi connectivity index (χ0v) is 18.9. The number of imidazole rings is 1. The Hall–Kier alpha value is -1.93. The van der Waals surface area contributed by atoms with E-state index in [1.165, 1.54) is 5.56 Å². The van der Waals surface area contributed by atoms with Gasteiger partial charge in [0.05, 0.1) is 22.8 Å². The first kappa shape index (κ1) is 21.3. The van der Waals surface area contributed by atoms with Gasteiger partial charge < -0.3 is 4.57 Å². The zero-order chi connectivity index (χ0) is 21.3. The Balaban J connectivity index is 1.64. The van der Waals surface area contributed by atoms with Crippen molar-refractivity contribution in [3.05, 3.63) is 64.9 Å². The number of hydrogen-bond acceptors (Lipinski definition) is 4. The van der Waals surface area contributed by atoms with Gasteiger partial charge in [0.15, 0.2) is 0 Å². The minimum atomic E-state index is -3.14. The summed E-state index contributed by atoms with van der Waals surface area (Å²) in [5.74, 6) is 1.12. The van der Waals surface area contributed by atoms with Crippen LogP contribution in [-0.2, 0) is 16.6 Å². The summed E-state index contributed by atoms with van der Waals surface area (Å²) in [6.45, 7) is 6.99. The van der Waals surface area contributed by atoms with Crippen LogP contribution in [0.4, 0.5) is 0 Å². The summed E-state index contributed by atoms with van der Waals surface area (Å²) in [6.07, 6.45) is 0. The van der Waals surface area contributed by atoms with E-state index in [0.717, 1.165) is 23.4 Å². The van der Waals surface area contributed by atoms with Crippen LogP contribution in [0.5, 0.6) is 0 Å². The maximum Gasteiger partial charge on any atom is 0.213 e.